The minimum Gasteiger partial charge on any atom is -0.365 e. The molecule has 8 nitrogen and oxygen atoms in total. The molecule has 3 N–H and O–H groups in total. The van der Waals surface area contributed by atoms with Crippen molar-refractivity contribution in [3.05, 3.63) is 72.1 Å². The van der Waals surface area contributed by atoms with Gasteiger partial charge in [-0.1, -0.05) is 25.1 Å². The molecule has 0 aliphatic carbocycles. The number of piperidine rings is 1. The summed E-state index contributed by atoms with van der Waals surface area (Å²) < 4.78 is 0. The number of likely N-dealkylation sites (tertiary alicyclic amines) is 1. The monoisotopic (exact) mass is 458 g/mol. The zero-order valence-electron chi connectivity index (χ0n) is 19.6. The second-order valence-electron chi connectivity index (χ2n) is 8.45. The van der Waals surface area contributed by atoms with Crippen LogP contribution < -0.4 is 16.0 Å². The predicted molar refractivity (Wildman–Crippen MR) is 134 cm³/mol. The van der Waals surface area contributed by atoms with Gasteiger partial charge in [0.1, 0.15) is 11.6 Å². The Hall–Kier alpha value is -3.94. The lowest BCUT2D eigenvalue weighted by molar-refractivity contribution is -0.131. The molecule has 34 heavy (non-hydrogen) atoms. The van der Waals surface area contributed by atoms with Crippen LogP contribution >= 0.6 is 0 Å². The van der Waals surface area contributed by atoms with Gasteiger partial charge in [-0.2, -0.15) is 0 Å². The van der Waals surface area contributed by atoms with E-state index in [0.29, 0.717) is 35.2 Å². The third-order valence-corrected chi connectivity index (χ3v) is 6.31. The highest BCUT2D eigenvalue weighted by atomic mass is 16.2. The zero-order valence-corrected chi connectivity index (χ0v) is 19.6. The lowest BCUT2D eigenvalue weighted by Crippen LogP contribution is -2.37. The van der Waals surface area contributed by atoms with Crippen molar-refractivity contribution in [1.82, 2.24) is 14.9 Å². The second-order valence-corrected chi connectivity index (χ2v) is 8.45. The summed E-state index contributed by atoms with van der Waals surface area (Å²) in [6.45, 7) is 3.55. The average molecular weight is 459 g/mol. The molecule has 2 aromatic heterocycles. The fourth-order valence-corrected chi connectivity index (χ4v) is 4.33. The van der Waals surface area contributed by atoms with Crippen LogP contribution in [0.2, 0.25) is 0 Å². The number of amides is 2. The summed E-state index contributed by atoms with van der Waals surface area (Å²) in [5.41, 5.74) is 8.70. The van der Waals surface area contributed by atoms with Gasteiger partial charge < -0.3 is 20.9 Å². The van der Waals surface area contributed by atoms with Gasteiger partial charge in [-0.3, -0.25) is 9.59 Å². The Morgan fingerprint density at radius 1 is 1.12 bits per heavy atom. The van der Waals surface area contributed by atoms with Gasteiger partial charge in [-0.25, -0.2) is 9.97 Å². The maximum atomic E-state index is 12.0. The smallest absolute Gasteiger partial charge is 0.252 e. The molecule has 3 aromatic rings. The van der Waals surface area contributed by atoms with E-state index >= 15 is 0 Å². The molecular formula is C26H30N6O2. The topological polar surface area (TPSA) is 104 Å². The minimum atomic E-state index is -0.548. The number of hydrogen-bond donors (Lipinski definition) is 2. The molecule has 1 aromatic carbocycles. The Balaban J connectivity index is 1.48. The average Bonchev–Trinajstić information content (AvgIpc) is 2.88. The quantitative estimate of drug-likeness (QED) is 0.550. The van der Waals surface area contributed by atoms with Crippen molar-refractivity contribution in [1.29, 1.82) is 0 Å². The van der Waals surface area contributed by atoms with Crippen molar-refractivity contribution in [3.8, 4) is 0 Å². The predicted octanol–water partition coefficient (Wildman–Crippen LogP) is 4.20. The first kappa shape index (κ1) is 23.2. The molecule has 3 heterocycles. The number of aromatic nitrogens is 2. The summed E-state index contributed by atoms with van der Waals surface area (Å²) in [7, 11) is 1.84. The van der Waals surface area contributed by atoms with E-state index in [1.54, 1.807) is 12.3 Å². The summed E-state index contributed by atoms with van der Waals surface area (Å²) in [5, 5.41) is 3.31. The van der Waals surface area contributed by atoms with E-state index in [1.165, 1.54) is 11.8 Å². The number of rotatable bonds is 7. The molecule has 0 saturated carbocycles. The molecule has 8 heteroatoms. The maximum Gasteiger partial charge on any atom is 0.252 e. The first-order chi connectivity index (χ1) is 16.5. The molecule has 1 saturated heterocycles. The normalized spacial score (nSPS) is 14.0. The Morgan fingerprint density at radius 2 is 1.85 bits per heavy atom. The van der Waals surface area contributed by atoms with Crippen LogP contribution in [0.3, 0.4) is 0 Å². The number of carbonyl (C=O) groups excluding carboxylic acids is 2. The van der Waals surface area contributed by atoms with Crippen molar-refractivity contribution in [2.75, 3.05) is 30.4 Å². The van der Waals surface area contributed by atoms with E-state index in [0.717, 1.165) is 31.6 Å². The van der Waals surface area contributed by atoms with Crippen LogP contribution in [0, 0.1) is 0 Å². The van der Waals surface area contributed by atoms with Crippen molar-refractivity contribution < 1.29 is 9.59 Å². The Bertz CT molecular complexity index is 1140. The number of benzene rings is 1. The first-order valence-electron chi connectivity index (χ1n) is 11.6. The van der Waals surface area contributed by atoms with Crippen LogP contribution in [0.4, 0.5) is 23.0 Å². The van der Waals surface area contributed by atoms with Gasteiger partial charge in [-0.05, 0) is 48.6 Å². The Kier molecular flexibility index (Phi) is 7.06. The van der Waals surface area contributed by atoms with Gasteiger partial charge >= 0.3 is 0 Å². The number of nitrogens with one attached hydrogen (secondary N) is 1. The van der Waals surface area contributed by atoms with Gasteiger partial charge in [0, 0.05) is 50.7 Å². The Labute approximate surface area is 199 Å². The molecule has 0 atom stereocenters. The fourth-order valence-electron chi connectivity index (χ4n) is 4.33. The molecular weight excluding hydrogens is 428 g/mol. The van der Waals surface area contributed by atoms with Gasteiger partial charge in [0.25, 0.3) is 5.91 Å². The fraction of sp³-hybridized carbons (Fsp3) is 0.308. The van der Waals surface area contributed by atoms with Gasteiger partial charge in [0.05, 0.1) is 11.3 Å². The molecule has 1 fully saturated rings. The third kappa shape index (κ3) is 5.17. The van der Waals surface area contributed by atoms with Crippen molar-refractivity contribution in [2.45, 2.75) is 32.1 Å². The molecule has 4 rings (SSSR count). The van der Waals surface area contributed by atoms with Crippen molar-refractivity contribution in [2.24, 2.45) is 5.73 Å². The molecule has 0 radical (unpaired) electrons. The molecule has 0 spiro atoms. The van der Waals surface area contributed by atoms with Crippen LogP contribution in [-0.2, 0) is 4.79 Å². The van der Waals surface area contributed by atoms with E-state index in [-0.39, 0.29) is 5.91 Å². The number of nitrogens with two attached hydrogens (primary N) is 1. The standard InChI is InChI=1S/C26H30N6O2/c1-3-25(33)32-14-11-19(12-15-32)18-7-9-20(10-8-18)30-23-16-22(21(17-29-23)26(27)34)31(2)24-6-4-5-13-28-24/h4-10,13,16-17,19H,3,11-12,14-15H2,1-2H3,(H2,27,34)(H,29,30). The lowest BCUT2D eigenvalue weighted by atomic mass is 9.89. The van der Waals surface area contributed by atoms with E-state index < -0.39 is 5.91 Å². The summed E-state index contributed by atoms with van der Waals surface area (Å²) in [5.74, 6) is 1.44. The summed E-state index contributed by atoms with van der Waals surface area (Å²) in [6.07, 6.45) is 5.72. The van der Waals surface area contributed by atoms with Crippen LogP contribution in [0.25, 0.3) is 0 Å². The molecule has 1 aliphatic heterocycles. The number of anilines is 4. The van der Waals surface area contributed by atoms with Crippen molar-refractivity contribution >= 4 is 34.8 Å². The van der Waals surface area contributed by atoms with E-state index in [4.69, 9.17) is 5.73 Å². The number of nitrogens with zero attached hydrogens (tertiary/aromatic N) is 4. The Morgan fingerprint density at radius 3 is 2.47 bits per heavy atom. The van der Waals surface area contributed by atoms with Gasteiger partial charge in [-0.15, -0.1) is 0 Å². The minimum absolute atomic E-state index is 0.237. The number of carbonyl (C=O) groups is 2. The molecule has 176 valence electrons. The number of pyridine rings is 2. The maximum absolute atomic E-state index is 12.0. The molecule has 0 unspecified atom stereocenters. The zero-order chi connectivity index (χ0) is 24.1. The highest BCUT2D eigenvalue weighted by Gasteiger charge is 2.23. The van der Waals surface area contributed by atoms with Crippen molar-refractivity contribution in [3.63, 3.8) is 0 Å². The van der Waals surface area contributed by atoms with Crippen LogP contribution in [0.5, 0.6) is 0 Å². The van der Waals surface area contributed by atoms with Gasteiger partial charge in [0.15, 0.2) is 0 Å². The summed E-state index contributed by atoms with van der Waals surface area (Å²) in [4.78, 5) is 36.4. The lowest BCUT2D eigenvalue weighted by Gasteiger charge is -2.32. The van der Waals surface area contributed by atoms with E-state index in [2.05, 4.69) is 27.4 Å². The highest BCUT2D eigenvalue weighted by molar-refractivity contribution is 5.99. The number of hydrogen-bond acceptors (Lipinski definition) is 6. The summed E-state index contributed by atoms with van der Waals surface area (Å²) in [6, 6.07) is 15.7. The second kappa shape index (κ2) is 10.3. The van der Waals surface area contributed by atoms with Gasteiger partial charge in [0.2, 0.25) is 5.91 Å². The molecule has 2 amide bonds. The van der Waals surface area contributed by atoms with Crippen LogP contribution in [-0.4, -0.2) is 46.8 Å². The number of primary amides is 1. The summed E-state index contributed by atoms with van der Waals surface area (Å²) >= 11 is 0. The van der Waals surface area contributed by atoms with E-state index in [1.807, 2.05) is 54.1 Å². The molecule has 0 bridgehead atoms. The SMILES string of the molecule is CCC(=O)N1CCC(c2ccc(Nc3cc(N(C)c4ccccn4)c(C(N)=O)cn3)cc2)CC1. The largest absolute Gasteiger partial charge is 0.365 e. The van der Waals surface area contributed by atoms with Crippen LogP contribution in [0.1, 0.15) is 48.0 Å². The molecule has 1 aliphatic rings. The van der Waals surface area contributed by atoms with E-state index in [9.17, 15) is 9.59 Å². The third-order valence-electron chi connectivity index (χ3n) is 6.31. The highest BCUT2D eigenvalue weighted by Crippen LogP contribution is 2.31. The first-order valence-corrected chi connectivity index (χ1v) is 11.6. The van der Waals surface area contributed by atoms with Crippen LogP contribution in [0.15, 0.2) is 60.9 Å².